The molecule has 0 saturated heterocycles. The quantitative estimate of drug-likeness (QED) is 0.675. The first kappa shape index (κ1) is 15.7. The molecular formula is C15H23FO. The van der Waals surface area contributed by atoms with Crippen LogP contribution >= 0.6 is 0 Å². The summed E-state index contributed by atoms with van der Waals surface area (Å²) in [7, 11) is 0. The number of ether oxygens (including phenoxy) is 1. The van der Waals surface area contributed by atoms with E-state index in [1.54, 1.807) is 12.1 Å². The van der Waals surface area contributed by atoms with Crippen molar-refractivity contribution >= 4 is 0 Å². The molecule has 0 fully saturated rings. The Balaban J connectivity index is 0.000000770. The summed E-state index contributed by atoms with van der Waals surface area (Å²) < 4.78 is 18.7. The molecule has 0 spiro atoms. The van der Waals surface area contributed by atoms with Crippen molar-refractivity contribution in [2.24, 2.45) is 5.41 Å². The lowest BCUT2D eigenvalue weighted by Gasteiger charge is -2.19. The van der Waals surface area contributed by atoms with E-state index in [2.05, 4.69) is 27.4 Å². The van der Waals surface area contributed by atoms with Crippen LogP contribution < -0.4 is 4.74 Å². The summed E-state index contributed by atoms with van der Waals surface area (Å²) in [5.41, 5.74) is 0.961. The third-order valence-corrected chi connectivity index (χ3v) is 1.75. The lowest BCUT2D eigenvalue weighted by atomic mass is 9.99. The molecule has 0 N–H and O–H groups in total. The highest BCUT2D eigenvalue weighted by Gasteiger charge is 2.12. The third-order valence-electron chi connectivity index (χ3n) is 1.75. The molecule has 1 aromatic rings. The molecule has 17 heavy (non-hydrogen) atoms. The van der Waals surface area contributed by atoms with Gasteiger partial charge >= 0.3 is 0 Å². The fourth-order valence-corrected chi connectivity index (χ4v) is 1.02. The number of benzene rings is 1. The molecule has 0 bridgehead atoms. The van der Waals surface area contributed by atoms with Gasteiger partial charge in [0.1, 0.15) is 0 Å². The highest BCUT2D eigenvalue weighted by Crippen LogP contribution is 2.21. The minimum atomic E-state index is -0.283. The second-order valence-electron chi connectivity index (χ2n) is 5.19. The first-order valence-corrected chi connectivity index (χ1v) is 5.76. The Morgan fingerprint density at radius 3 is 2.29 bits per heavy atom. The van der Waals surface area contributed by atoms with Crippen LogP contribution in [-0.2, 0) is 0 Å². The number of allylic oxidation sites excluding steroid dienone is 1. The normalized spacial score (nSPS) is 10.2. The summed E-state index contributed by atoms with van der Waals surface area (Å²) in [4.78, 5) is 0. The van der Waals surface area contributed by atoms with Gasteiger partial charge in [0.05, 0.1) is 6.61 Å². The zero-order valence-electron chi connectivity index (χ0n) is 11.5. The molecule has 96 valence electrons. The van der Waals surface area contributed by atoms with Gasteiger partial charge in [-0.3, -0.25) is 0 Å². The predicted octanol–water partition coefficient (Wildman–Crippen LogP) is 4.75. The lowest BCUT2D eigenvalue weighted by molar-refractivity contribution is 0.191. The van der Waals surface area contributed by atoms with Crippen LogP contribution in [0.5, 0.6) is 5.75 Å². The first-order valence-electron chi connectivity index (χ1n) is 5.76. The fourth-order valence-electron chi connectivity index (χ4n) is 1.02. The van der Waals surface area contributed by atoms with Gasteiger partial charge in [-0.25, -0.2) is 4.39 Å². The molecule has 0 unspecified atom stereocenters. The molecule has 0 aliphatic heterocycles. The third kappa shape index (κ3) is 7.56. The van der Waals surface area contributed by atoms with Gasteiger partial charge < -0.3 is 4.74 Å². The van der Waals surface area contributed by atoms with Crippen molar-refractivity contribution in [3.8, 4) is 5.75 Å². The summed E-state index contributed by atoms with van der Waals surface area (Å²) in [5, 5.41) is 0. The van der Waals surface area contributed by atoms with Crippen LogP contribution in [0.3, 0.4) is 0 Å². The molecule has 1 rings (SSSR count). The molecule has 0 aromatic heterocycles. The monoisotopic (exact) mass is 238 g/mol. The Bertz CT molecular complexity index is 350. The van der Waals surface area contributed by atoms with Gasteiger partial charge in [-0.2, -0.15) is 0 Å². The van der Waals surface area contributed by atoms with Crippen LogP contribution in [0, 0.1) is 18.2 Å². The summed E-state index contributed by atoms with van der Waals surface area (Å²) in [6.45, 7) is 13.8. The Kier molecular flexibility index (Phi) is 6.55. The van der Waals surface area contributed by atoms with Gasteiger partial charge in [-0.15, -0.1) is 6.58 Å². The van der Waals surface area contributed by atoms with E-state index in [0.717, 1.165) is 5.56 Å². The van der Waals surface area contributed by atoms with Gasteiger partial charge in [-0.05, 0) is 37.0 Å². The van der Waals surface area contributed by atoms with Gasteiger partial charge in [-0.1, -0.05) is 32.9 Å². The number of aryl methyl sites for hydroxylation is 1. The summed E-state index contributed by atoms with van der Waals surface area (Å²) in [6, 6.07) is 5.01. The molecular weight excluding hydrogens is 215 g/mol. The molecule has 0 radical (unpaired) electrons. The molecule has 1 nitrogen and oxygen atoms in total. The van der Waals surface area contributed by atoms with Crippen LogP contribution in [0.4, 0.5) is 4.39 Å². The van der Waals surface area contributed by atoms with Crippen molar-refractivity contribution in [1.29, 1.82) is 0 Å². The summed E-state index contributed by atoms with van der Waals surface area (Å²) >= 11 is 0. The van der Waals surface area contributed by atoms with E-state index in [4.69, 9.17) is 4.74 Å². The van der Waals surface area contributed by atoms with Crippen LogP contribution in [0.1, 0.15) is 33.3 Å². The molecule has 0 amide bonds. The second-order valence-corrected chi connectivity index (χ2v) is 5.19. The molecule has 0 saturated carbocycles. The topological polar surface area (TPSA) is 9.23 Å². The van der Waals surface area contributed by atoms with E-state index in [1.807, 2.05) is 19.9 Å². The Morgan fingerprint density at radius 1 is 1.35 bits per heavy atom. The summed E-state index contributed by atoms with van der Waals surface area (Å²) in [6.07, 6.45) is 1.75. The highest BCUT2D eigenvalue weighted by atomic mass is 19.1. The minimum Gasteiger partial charge on any atom is -0.490 e. The molecule has 0 atom stereocenters. The molecule has 2 heteroatoms. The van der Waals surface area contributed by atoms with Gasteiger partial charge in [0.2, 0.25) is 0 Å². The van der Waals surface area contributed by atoms with E-state index in [-0.39, 0.29) is 11.2 Å². The Morgan fingerprint density at radius 2 is 1.88 bits per heavy atom. The van der Waals surface area contributed by atoms with Crippen LogP contribution in [0.2, 0.25) is 0 Å². The van der Waals surface area contributed by atoms with E-state index >= 15 is 0 Å². The van der Waals surface area contributed by atoms with Crippen molar-refractivity contribution in [3.05, 3.63) is 42.2 Å². The Labute approximate surface area is 104 Å². The van der Waals surface area contributed by atoms with Crippen molar-refractivity contribution in [3.63, 3.8) is 0 Å². The van der Waals surface area contributed by atoms with Gasteiger partial charge in [0.15, 0.2) is 11.6 Å². The Hall–Kier alpha value is -1.31. The maximum Gasteiger partial charge on any atom is 0.165 e. The van der Waals surface area contributed by atoms with Crippen molar-refractivity contribution in [2.45, 2.75) is 34.6 Å². The number of hydrogen-bond donors (Lipinski definition) is 0. The SMILES string of the molecule is C=CC.Cc1ccc(OCC(C)(C)C)c(F)c1. The van der Waals surface area contributed by atoms with E-state index in [9.17, 15) is 4.39 Å². The maximum atomic E-state index is 13.3. The maximum absolute atomic E-state index is 13.3. The zero-order valence-corrected chi connectivity index (χ0v) is 11.5. The van der Waals surface area contributed by atoms with Crippen LogP contribution in [0.15, 0.2) is 30.9 Å². The average Bonchev–Trinajstić information content (AvgIpc) is 2.16. The van der Waals surface area contributed by atoms with E-state index < -0.39 is 0 Å². The predicted molar refractivity (Wildman–Crippen MR) is 72.0 cm³/mol. The second kappa shape index (κ2) is 7.10. The average molecular weight is 238 g/mol. The largest absolute Gasteiger partial charge is 0.490 e. The fraction of sp³-hybridized carbons (Fsp3) is 0.467. The van der Waals surface area contributed by atoms with Crippen LogP contribution in [0.25, 0.3) is 0 Å². The zero-order chi connectivity index (χ0) is 13.5. The molecule has 0 aliphatic carbocycles. The van der Waals surface area contributed by atoms with Crippen LogP contribution in [-0.4, -0.2) is 6.61 Å². The van der Waals surface area contributed by atoms with Crippen molar-refractivity contribution in [2.75, 3.05) is 6.61 Å². The van der Waals surface area contributed by atoms with Gasteiger partial charge in [0, 0.05) is 0 Å². The highest BCUT2D eigenvalue weighted by molar-refractivity contribution is 5.28. The number of halogens is 1. The van der Waals surface area contributed by atoms with Crippen molar-refractivity contribution < 1.29 is 9.13 Å². The minimum absolute atomic E-state index is 0.0529. The first-order chi connectivity index (χ1) is 7.80. The van der Waals surface area contributed by atoms with Crippen molar-refractivity contribution in [1.82, 2.24) is 0 Å². The van der Waals surface area contributed by atoms with E-state index in [1.165, 1.54) is 6.07 Å². The number of hydrogen-bond acceptors (Lipinski definition) is 1. The standard InChI is InChI=1S/C12H17FO.C3H6/c1-9-5-6-11(10(13)7-9)14-8-12(2,3)4;1-3-2/h5-7H,8H2,1-4H3;3H,1H2,2H3. The van der Waals surface area contributed by atoms with E-state index in [0.29, 0.717) is 12.4 Å². The lowest BCUT2D eigenvalue weighted by Crippen LogP contribution is -2.17. The molecule has 1 aromatic carbocycles. The molecule has 0 heterocycles. The smallest absolute Gasteiger partial charge is 0.165 e. The van der Waals surface area contributed by atoms with Gasteiger partial charge in [0.25, 0.3) is 0 Å². The molecule has 0 aliphatic rings. The summed E-state index contributed by atoms with van der Waals surface area (Å²) in [5.74, 6) is 0.0553. The number of rotatable bonds is 2.